The Labute approximate surface area is 102 Å². The summed E-state index contributed by atoms with van der Waals surface area (Å²) in [6, 6.07) is 4.95. The molecule has 0 atom stereocenters. The Kier molecular flexibility index (Phi) is 4.94. The lowest BCUT2D eigenvalue weighted by molar-refractivity contribution is -0.128. The van der Waals surface area contributed by atoms with Gasteiger partial charge in [0, 0.05) is 27.1 Å². The molecule has 4 heteroatoms. The van der Waals surface area contributed by atoms with Crippen molar-refractivity contribution in [3.8, 4) is 0 Å². The van der Waals surface area contributed by atoms with Crippen LogP contribution in [0.3, 0.4) is 0 Å². The van der Waals surface area contributed by atoms with Crippen LogP contribution in [-0.2, 0) is 4.79 Å². The number of nitrogens with zero attached hydrogens (tertiary/aromatic N) is 1. The second-order valence-corrected chi connectivity index (χ2v) is 4.30. The molecule has 0 spiro atoms. The summed E-state index contributed by atoms with van der Waals surface area (Å²) in [5.74, 6) is -0.161. The van der Waals surface area contributed by atoms with Gasteiger partial charge in [-0.15, -0.1) is 0 Å². The lowest BCUT2D eigenvalue weighted by Crippen LogP contribution is -2.22. The second kappa shape index (κ2) is 6.23. The first-order valence-corrected chi connectivity index (χ1v) is 5.71. The van der Waals surface area contributed by atoms with Gasteiger partial charge in [0.2, 0.25) is 5.91 Å². The van der Waals surface area contributed by atoms with Crippen LogP contribution >= 0.6 is 0 Å². The van der Waals surface area contributed by atoms with Crippen molar-refractivity contribution < 1.29 is 9.18 Å². The third-order valence-electron chi connectivity index (χ3n) is 2.50. The molecule has 0 radical (unpaired) electrons. The first-order valence-electron chi connectivity index (χ1n) is 5.71. The van der Waals surface area contributed by atoms with Crippen molar-refractivity contribution in [3.05, 3.63) is 29.6 Å². The number of hydrogen-bond acceptors (Lipinski definition) is 2. The van der Waals surface area contributed by atoms with E-state index in [-0.39, 0.29) is 11.7 Å². The van der Waals surface area contributed by atoms with Crippen LogP contribution in [0.5, 0.6) is 0 Å². The molecule has 0 bridgehead atoms. The van der Waals surface area contributed by atoms with E-state index in [0.29, 0.717) is 25.1 Å². The molecular formula is C13H19FN2O. The monoisotopic (exact) mass is 238 g/mol. The van der Waals surface area contributed by atoms with Crippen molar-refractivity contribution in [2.75, 3.05) is 26.0 Å². The molecule has 1 amide bonds. The zero-order valence-corrected chi connectivity index (χ0v) is 10.6. The van der Waals surface area contributed by atoms with E-state index >= 15 is 0 Å². The number of aryl methyl sites for hydroxylation is 1. The molecule has 1 rings (SSSR count). The minimum absolute atomic E-state index is 0.0940. The van der Waals surface area contributed by atoms with Gasteiger partial charge in [-0.25, -0.2) is 4.39 Å². The standard InChI is InChI=1S/C13H19FN2O/c1-10-6-7-11(14)12(9-10)15-8-4-5-13(17)16(2)3/h6-7,9,15H,4-5,8H2,1-3H3. The molecule has 17 heavy (non-hydrogen) atoms. The highest BCUT2D eigenvalue weighted by Gasteiger charge is 2.04. The topological polar surface area (TPSA) is 32.3 Å². The molecule has 1 aromatic rings. The fourth-order valence-corrected chi connectivity index (χ4v) is 1.46. The van der Waals surface area contributed by atoms with E-state index in [1.165, 1.54) is 6.07 Å². The van der Waals surface area contributed by atoms with Gasteiger partial charge in [-0.05, 0) is 31.0 Å². The lowest BCUT2D eigenvalue weighted by atomic mass is 10.2. The lowest BCUT2D eigenvalue weighted by Gasteiger charge is -2.11. The minimum atomic E-state index is -0.255. The summed E-state index contributed by atoms with van der Waals surface area (Å²) in [4.78, 5) is 12.9. The molecule has 3 nitrogen and oxygen atoms in total. The zero-order valence-electron chi connectivity index (χ0n) is 10.6. The van der Waals surface area contributed by atoms with Crippen LogP contribution in [0.25, 0.3) is 0 Å². The van der Waals surface area contributed by atoms with Crippen LogP contribution in [0.2, 0.25) is 0 Å². The zero-order chi connectivity index (χ0) is 12.8. The summed E-state index contributed by atoms with van der Waals surface area (Å²) in [7, 11) is 3.46. The van der Waals surface area contributed by atoms with Crippen LogP contribution < -0.4 is 5.32 Å². The summed E-state index contributed by atoms with van der Waals surface area (Å²) in [6.07, 6.45) is 1.18. The number of benzene rings is 1. The molecule has 1 N–H and O–H groups in total. The van der Waals surface area contributed by atoms with E-state index < -0.39 is 0 Å². The SMILES string of the molecule is Cc1ccc(F)c(NCCCC(=O)N(C)C)c1. The van der Waals surface area contributed by atoms with Gasteiger partial charge in [0.05, 0.1) is 5.69 Å². The number of carbonyl (C=O) groups excluding carboxylic acids is 1. The summed E-state index contributed by atoms with van der Waals surface area (Å²) in [5, 5.41) is 3.00. The van der Waals surface area contributed by atoms with Crippen molar-refractivity contribution in [1.82, 2.24) is 4.90 Å². The molecule has 0 aliphatic rings. The fourth-order valence-electron chi connectivity index (χ4n) is 1.46. The van der Waals surface area contributed by atoms with Gasteiger partial charge in [-0.3, -0.25) is 4.79 Å². The van der Waals surface area contributed by atoms with Gasteiger partial charge in [-0.2, -0.15) is 0 Å². The Morgan fingerprint density at radius 3 is 2.76 bits per heavy atom. The van der Waals surface area contributed by atoms with Crippen molar-refractivity contribution in [2.45, 2.75) is 19.8 Å². The smallest absolute Gasteiger partial charge is 0.222 e. The van der Waals surface area contributed by atoms with Crippen molar-refractivity contribution in [2.24, 2.45) is 0 Å². The maximum absolute atomic E-state index is 13.3. The summed E-state index contributed by atoms with van der Waals surface area (Å²) >= 11 is 0. The first-order chi connectivity index (χ1) is 8.00. The Bertz CT molecular complexity index is 391. The molecule has 0 fully saturated rings. The van der Waals surface area contributed by atoms with Gasteiger partial charge >= 0.3 is 0 Å². The van der Waals surface area contributed by atoms with Gasteiger partial charge in [-0.1, -0.05) is 6.07 Å². The number of carbonyl (C=O) groups is 1. The number of amides is 1. The number of hydrogen-bond donors (Lipinski definition) is 1. The molecular weight excluding hydrogens is 219 g/mol. The average Bonchev–Trinajstić information content (AvgIpc) is 2.28. The van der Waals surface area contributed by atoms with Crippen LogP contribution in [0.4, 0.5) is 10.1 Å². The van der Waals surface area contributed by atoms with Gasteiger partial charge in [0.1, 0.15) is 5.82 Å². The minimum Gasteiger partial charge on any atom is -0.383 e. The van der Waals surface area contributed by atoms with Crippen molar-refractivity contribution >= 4 is 11.6 Å². The number of nitrogens with one attached hydrogen (secondary N) is 1. The van der Waals surface area contributed by atoms with Crippen LogP contribution in [-0.4, -0.2) is 31.4 Å². The predicted octanol–water partition coefficient (Wildman–Crippen LogP) is 2.41. The summed E-state index contributed by atoms with van der Waals surface area (Å²) in [6.45, 7) is 2.51. The highest BCUT2D eigenvalue weighted by Crippen LogP contribution is 2.15. The Balaban J connectivity index is 2.36. The molecule has 0 unspecified atom stereocenters. The second-order valence-electron chi connectivity index (χ2n) is 4.30. The van der Waals surface area contributed by atoms with E-state index in [1.807, 2.05) is 6.92 Å². The average molecular weight is 238 g/mol. The predicted molar refractivity (Wildman–Crippen MR) is 67.6 cm³/mol. The molecule has 0 saturated carbocycles. The molecule has 0 aliphatic carbocycles. The molecule has 0 aromatic heterocycles. The number of anilines is 1. The van der Waals surface area contributed by atoms with Crippen LogP contribution in [0.1, 0.15) is 18.4 Å². The van der Waals surface area contributed by atoms with E-state index in [2.05, 4.69) is 5.32 Å². The van der Waals surface area contributed by atoms with E-state index in [9.17, 15) is 9.18 Å². The molecule has 94 valence electrons. The Morgan fingerprint density at radius 2 is 2.12 bits per heavy atom. The quantitative estimate of drug-likeness (QED) is 0.799. The van der Waals surface area contributed by atoms with E-state index in [0.717, 1.165) is 5.56 Å². The molecule has 1 aromatic carbocycles. The van der Waals surface area contributed by atoms with Gasteiger partial charge in [0.15, 0.2) is 0 Å². The van der Waals surface area contributed by atoms with Gasteiger partial charge in [0.25, 0.3) is 0 Å². The van der Waals surface area contributed by atoms with E-state index in [4.69, 9.17) is 0 Å². The van der Waals surface area contributed by atoms with Crippen molar-refractivity contribution in [1.29, 1.82) is 0 Å². The largest absolute Gasteiger partial charge is 0.383 e. The summed E-state index contributed by atoms with van der Waals surface area (Å²) in [5.41, 5.74) is 1.51. The maximum atomic E-state index is 13.3. The third-order valence-corrected chi connectivity index (χ3v) is 2.50. The van der Waals surface area contributed by atoms with E-state index in [1.54, 1.807) is 31.1 Å². The number of halogens is 1. The molecule has 0 heterocycles. The maximum Gasteiger partial charge on any atom is 0.222 e. The normalized spacial score (nSPS) is 10.1. The highest BCUT2D eigenvalue weighted by molar-refractivity contribution is 5.75. The molecule has 0 aliphatic heterocycles. The Morgan fingerprint density at radius 1 is 1.41 bits per heavy atom. The van der Waals surface area contributed by atoms with Gasteiger partial charge < -0.3 is 10.2 Å². The van der Waals surface area contributed by atoms with Crippen LogP contribution in [0.15, 0.2) is 18.2 Å². The highest BCUT2D eigenvalue weighted by atomic mass is 19.1. The first kappa shape index (κ1) is 13.5. The summed E-state index contributed by atoms with van der Waals surface area (Å²) < 4.78 is 13.3. The third kappa shape index (κ3) is 4.43. The van der Waals surface area contributed by atoms with Crippen LogP contribution in [0, 0.1) is 12.7 Å². The fraction of sp³-hybridized carbons (Fsp3) is 0.462. The number of rotatable bonds is 5. The van der Waals surface area contributed by atoms with Crippen molar-refractivity contribution in [3.63, 3.8) is 0 Å². The molecule has 0 saturated heterocycles. The Hall–Kier alpha value is -1.58.